The number of aromatic nitrogens is 2. The maximum atomic E-state index is 5.59. The summed E-state index contributed by atoms with van der Waals surface area (Å²) < 4.78 is 6.74. The highest BCUT2D eigenvalue weighted by molar-refractivity contribution is 5.61. The number of nitrogens with zero attached hydrogens (tertiary/aromatic N) is 2. The molecule has 0 aliphatic carbocycles. The van der Waals surface area contributed by atoms with Gasteiger partial charge in [-0.05, 0) is 6.07 Å². The Morgan fingerprint density at radius 3 is 3.08 bits per heavy atom. The number of rotatable bonds is 2. The van der Waals surface area contributed by atoms with Crippen molar-refractivity contribution in [3.63, 3.8) is 0 Å². The number of nitrogens with two attached hydrogens (primary N) is 1. The molecular formula is C9H11N3O. The summed E-state index contributed by atoms with van der Waals surface area (Å²) in [4.78, 5) is 0. The van der Waals surface area contributed by atoms with Crippen molar-refractivity contribution in [2.45, 2.75) is 6.54 Å². The van der Waals surface area contributed by atoms with E-state index in [-0.39, 0.29) is 0 Å². The van der Waals surface area contributed by atoms with Gasteiger partial charge in [0.15, 0.2) is 0 Å². The van der Waals surface area contributed by atoms with Gasteiger partial charge in [-0.15, -0.1) is 0 Å². The zero-order chi connectivity index (χ0) is 9.26. The Labute approximate surface area is 76.0 Å². The second-order valence-corrected chi connectivity index (χ2v) is 2.89. The van der Waals surface area contributed by atoms with E-state index < -0.39 is 0 Å². The standard InChI is InChI=1S/C9H11N3O/c1-12-5-8(4-10)9(11-12)7-2-3-13-6-7/h2-3,5-6H,4,10H2,1H3. The van der Waals surface area contributed by atoms with Gasteiger partial charge in [0.2, 0.25) is 0 Å². The molecule has 0 bridgehead atoms. The van der Waals surface area contributed by atoms with Crippen LogP contribution < -0.4 is 5.73 Å². The summed E-state index contributed by atoms with van der Waals surface area (Å²) in [5, 5.41) is 4.30. The van der Waals surface area contributed by atoms with Crippen LogP contribution >= 0.6 is 0 Å². The first-order valence-corrected chi connectivity index (χ1v) is 4.06. The van der Waals surface area contributed by atoms with Crippen molar-refractivity contribution in [2.75, 3.05) is 0 Å². The smallest absolute Gasteiger partial charge is 0.1000 e. The summed E-state index contributed by atoms with van der Waals surface area (Å²) in [5.74, 6) is 0. The van der Waals surface area contributed by atoms with Crippen molar-refractivity contribution in [2.24, 2.45) is 12.8 Å². The monoisotopic (exact) mass is 177 g/mol. The van der Waals surface area contributed by atoms with Crippen LogP contribution in [0.2, 0.25) is 0 Å². The number of hydrogen-bond acceptors (Lipinski definition) is 3. The highest BCUT2D eigenvalue weighted by Gasteiger charge is 2.08. The fourth-order valence-electron chi connectivity index (χ4n) is 1.33. The van der Waals surface area contributed by atoms with Crippen molar-refractivity contribution in [1.82, 2.24) is 9.78 Å². The Morgan fingerprint density at radius 1 is 1.62 bits per heavy atom. The lowest BCUT2D eigenvalue weighted by molar-refractivity contribution is 0.568. The molecule has 4 nitrogen and oxygen atoms in total. The predicted molar refractivity (Wildman–Crippen MR) is 48.8 cm³/mol. The van der Waals surface area contributed by atoms with E-state index in [0.29, 0.717) is 6.54 Å². The molecule has 2 aromatic rings. The largest absolute Gasteiger partial charge is 0.472 e. The molecule has 0 amide bonds. The van der Waals surface area contributed by atoms with Crippen LogP contribution in [0.15, 0.2) is 29.2 Å². The van der Waals surface area contributed by atoms with Gasteiger partial charge in [0.25, 0.3) is 0 Å². The number of furan rings is 1. The summed E-state index contributed by atoms with van der Waals surface area (Å²) in [7, 11) is 1.88. The first-order chi connectivity index (χ1) is 6.31. The van der Waals surface area contributed by atoms with Crippen molar-refractivity contribution >= 4 is 0 Å². The summed E-state index contributed by atoms with van der Waals surface area (Å²) in [5.41, 5.74) is 8.49. The Hall–Kier alpha value is -1.55. The van der Waals surface area contributed by atoms with Gasteiger partial charge >= 0.3 is 0 Å². The van der Waals surface area contributed by atoms with E-state index in [0.717, 1.165) is 16.8 Å². The first kappa shape index (κ1) is 8.07. The summed E-state index contributed by atoms with van der Waals surface area (Å²) >= 11 is 0. The van der Waals surface area contributed by atoms with E-state index in [1.54, 1.807) is 17.2 Å². The highest BCUT2D eigenvalue weighted by atomic mass is 16.3. The van der Waals surface area contributed by atoms with E-state index in [2.05, 4.69) is 5.10 Å². The van der Waals surface area contributed by atoms with E-state index >= 15 is 0 Å². The van der Waals surface area contributed by atoms with Crippen LogP contribution in [0.4, 0.5) is 0 Å². The van der Waals surface area contributed by atoms with Gasteiger partial charge in [0.05, 0.1) is 18.2 Å². The SMILES string of the molecule is Cn1cc(CN)c(-c2ccoc2)n1. The van der Waals surface area contributed by atoms with E-state index in [4.69, 9.17) is 10.2 Å². The molecule has 0 radical (unpaired) electrons. The second kappa shape index (κ2) is 3.06. The molecule has 0 unspecified atom stereocenters. The maximum absolute atomic E-state index is 5.59. The fraction of sp³-hybridized carbons (Fsp3) is 0.222. The lowest BCUT2D eigenvalue weighted by Crippen LogP contribution is -1.95. The molecule has 0 spiro atoms. The molecular weight excluding hydrogens is 166 g/mol. The zero-order valence-electron chi connectivity index (χ0n) is 7.40. The molecule has 68 valence electrons. The van der Waals surface area contributed by atoms with E-state index in [9.17, 15) is 0 Å². The molecule has 2 rings (SSSR count). The minimum atomic E-state index is 0.494. The van der Waals surface area contributed by atoms with Crippen molar-refractivity contribution in [3.8, 4) is 11.3 Å². The molecule has 2 N–H and O–H groups in total. The lowest BCUT2D eigenvalue weighted by Gasteiger charge is -1.93. The number of aryl methyl sites for hydroxylation is 1. The maximum Gasteiger partial charge on any atom is 0.1000 e. The summed E-state index contributed by atoms with van der Waals surface area (Å²) in [6.07, 6.45) is 5.22. The molecule has 2 heterocycles. The third kappa shape index (κ3) is 1.36. The molecule has 0 saturated carbocycles. The Balaban J connectivity index is 2.50. The minimum absolute atomic E-state index is 0.494. The quantitative estimate of drug-likeness (QED) is 0.748. The molecule has 0 aliphatic rings. The van der Waals surface area contributed by atoms with Crippen molar-refractivity contribution < 1.29 is 4.42 Å². The van der Waals surface area contributed by atoms with Gasteiger partial charge in [-0.3, -0.25) is 4.68 Å². The fourth-order valence-corrected chi connectivity index (χ4v) is 1.33. The normalized spacial score (nSPS) is 10.6. The zero-order valence-corrected chi connectivity index (χ0v) is 7.40. The highest BCUT2D eigenvalue weighted by Crippen LogP contribution is 2.21. The Bertz CT molecular complexity index is 389. The minimum Gasteiger partial charge on any atom is -0.472 e. The van der Waals surface area contributed by atoms with E-state index in [1.807, 2.05) is 19.3 Å². The van der Waals surface area contributed by atoms with Gasteiger partial charge in [-0.25, -0.2) is 0 Å². The molecule has 0 aliphatic heterocycles. The van der Waals surface area contributed by atoms with Crippen LogP contribution in [0.3, 0.4) is 0 Å². The predicted octanol–water partition coefficient (Wildman–Crippen LogP) is 1.14. The first-order valence-electron chi connectivity index (χ1n) is 4.06. The molecule has 2 aromatic heterocycles. The van der Waals surface area contributed by atoms with Crippen LogP contribution in [0.25, 0.3) is 11.3 Å². The summed E-state index contributed by atoms with van der Waals surface area (Å²) in [6.45, 7) is 0.494. The molecule has 13 heavy (non-hydrogen) atoms. The van der Waals surface area contributed by atoms with Gasteiger partial charge in [0, 0.05) is 30.9 Å². The van der Waals surface area contributed by atoms with E-state index in [1.165, 1.54) is 0 Å². The third-order valence-electron chi connectivity index (χ3n) is 1.92. The van der Waals surface area contributed by atoms with Crippen LogP contribution in [-0.2, 0) is 13.6 Å². The molecule has 0 saturated heterocycles. The van der Waals surface area contributed by atoms with Gasteiger partial charge in [-0.1, -0.05) is 0 Å². The number of hydrogen-bond donors (Lipinski definition) is 1. The Kier molecular flexibility index (Phi) is 1.90. The topological polar surface area (TPSA) is 57.0 Å². The van der Waals surface area contributed by atoms with Crippen molar-refractivity contribution in [1.29, 1.82) is 0 Å². The van der Waals surface area contributed by atoms with Gasteiger partial charge < -0.3 is 10.2 Å². The van der Waals surface area contributed by atoms with Crippen molar-refractivity contribution in [3.05, 3.63) is 30.4 Å². The van der Waals surface area contributed by atoms with Gasteiger partial charge in [0.1, 0.15) is 0 Å². The third-order valence-corrected chi connectivity index (χ3v) is 1.92. The Morgan fingerprint density at radius 2 is 2.46 bits per heavy atom. The molecule has 0 aromatic carbocycles. The average molecular weight is 177 g/mol. The van der Waals surface area contributed by atoms with Crippen LogP contribution in [0, 0.1) is 0 Å². The summed E-state index contributed by atoms with van der Waals surface area (Å²) in [6, 6.07) is 1.88. The molecule has 4 heteroatoms. The van der Waals surface area contributed by atoms with Gasteiger partial charge in [-0.2, -0.15) is 5.10 Å². The second-order valence-electron chi connectivity index (χ2n) is 2.89. The van der Waals surface area contributed by atoms with Crippen LogP contribution in [0.1, 0.15) is 5.56 Å². The molecule has 0 fully saturated rings. The molecule has 0 atom stereocenters. The van der Waals surface area contributed by atoms with Crippen LogP contribution in [0.5, 0.6) is 0 Å². The average Bonchev–Trinajstić information content (AvgIpc) is 2.71. The lowest BCUT2D eigenvalue weighted by atomic mass is 10.1. The van der Waals surface area contributed by atoms with Crippen LogP contribution in [-0.4, -0.2) is 9.78 Å².